The van der Waals surface area contributed by atoms with Crippen LogP contribution < -0.4 is 0 Å². The van der Waals surface area contributed by atoms with E-state index in [4.69, 9.17) is 0 Å². The van der Waals surface area contributed by atoms with Crippen molar-refractivity contribution in [2.24, 2.45) is 5.92 Å². The van der Waals surface area contributed by atoms with Crippen molar-refractivity contribution in [1.82, 2.24) is 4.90 Å². The second kappa shape index (κ2) is 5.89. The molecule has 0 aromatic heterocycles. The van der Waals surface area contributed by atoms with Gasteiger partial charge in [0.15, 0.2) is 0 Å². The van der Waals surface area contributed by atoms with Crippen LogP contribution in [0.5, 0.6) is 0 Å². The first-order valence-electron chi connectivity index (χ1n) is 7.10. The number of hydrogen-bond donors (Lipinski definition) is 0. The number of likely N-dealkylation sites (tertiary alicyclic amines) is 1. The summed E-state index contributed by atoms with van der Waals surface area (Å²) in [6, 6.07) is 0.942. The Balaban J connectivity index is 1.79. The van der Waals surface area contributed by atoms with Crippen molar-refractivity contribution in [2.75, 3.05) is 13.1 Å². The lowest BCUT2D eigenvalue weighted by Gasteiger charge is -2.37. The van der Waals surface area contributed by atoms with Crippen LogP contribution in [0.1, 0.15) is 64.7 Å². The zero-order valence-electron chi connectivity index (χ0n) is 10.4. The van der Waals surface area contributed by atoms with E-state index in [1.165, 1.54) is 70.9 Å². The lowest BCUT2D eigenvalue weighted by Crippen LogP contribution is -2.41. The van der Waals surface area contributed by atoms with Crippen LogP contribution in [0.2, 0.25) is 0 Å². The largest absolute Gasteiger partial charge is 0.300 e. The van der Waals surface area contributed by atoms with Crippen LogP contribution in [0.15, 0.2) is 0 Å². The van der Waals surface area contributed by atoms with Gasteiger partial charge in [0.05, 0.1) is 0 Å². The zero-order chi connectivity index (χ0) is 10.5. The molecule has 15 heavy (non-hydrogen) atoms. The van der Waals surface area contributed by atoms with E-state index in [0.29, 0.717) is 0 Å². The van der Waals surface area contributed by atoms with Crippen molar-refractivity contribution in [3.63, 3.8) is 0 Å². The summed E-state index contributed by atoms with van der Waals surface area (Å²) in [4.78, 5) is 2.80. The maximum absolute atomic E-state index is 2.80. The van der Waals surface area contributed by atoms with Gasteiger partial charge in [-0.1, -0.05) is 39.0 Å². The summed E-state index contributed by atoms with van der Waals surface area (Å²) in [6.07, 6.45) is 13.3. The second-order valence-corrected chi connectivity index (χ2v) is 5.72. The number of hydrogen-bond acceptors (Lipinski definition) is 1. The van der Waals surface area contributed by atoms with Gasteiger partial charge in [0.1, 0.15) is 0 Å². The Bertz CT molecular complexity index is 162. The van der Waals surface area contributed by atoms with E-state index in [2.05, 4.69) is 11.8 Å². The topological polar surface area (TPSA) is 3.24 Å². The first-order chi connectivity index (χ1) is 7.36. The molecule has 0 radical (unpaired) electrons. The standard InChI is InChI=1S/C14H27N/c1-13-9-11-15(12-10-13)14-7-5-3-2-4-6-8-14/h13-14H,2-12H2,1H3. The molecule has 88 valence electrons. The van der Waals surface area contributed by atoms with Crippen molar-refractivity contribution >= 4 is 0 Å². The summed E-state index contributed by atoms with van der Waals surface area (Å²) in [5, 5.41) is 0. The molecular formula is C14H27N. The molecule has 1 aliphatic carbocycles. The molecule has 1 aliphatic heterocycles. The fraction of sp³-hybridized carbons (Fsp3) is 1.00. The van der Waals surface area contributed by atoms with Gasteiger partial charge >= 0.3 is 0 Å². The zero-order valence-corrected chi connectivity index (χ0v) is 10.4. The van der Waals surface area contributed by atoms with Crippen molar-refractivity contribution in [2.45, 2.75) is 70.8 Å². The molecule has 0 atom stereocenters. The fourth-order valence-electron chi connectivity index (χ4n) is 3.19. The fourth-order valence-corrected chi connectivity index (χ4v) is 3.19. The third-order valence-electron chi connectivity index (χ3n) is 4.41. The molecule has 0 unspecified atom stereocenters. The Labute approximate surface area is 95.2 Å². The number of nitrogens with zero attached hydrogens (tertiary/aromatic N) is 1. The van der Waals surface area contributed by atoms with Gasteiger partial charge in [0.2, 0.25) is 0 Å². The van der Waals surface area contributed by atoms with Crippen LogP contribution in [0.25, 0.3) is 0 Å². The molecule has 2 rings (SSSR count). The average Bonchev–Trinajstić information content (AvgIpc) is 2.19. The maximum Gasteiger partial charge on any atom is 0.00952 e. The van der Waals surface area contributed by atoms with E-state index in [9.17, 15) is 0 Å². The van der Waals surface area contributed by atoms with Gasteiger partial charge in [-0.15, -0.1) is 0 Å². The highest BCUT2D eigenvalue weighted by molar-refractivity contribution is 4.78. The monoisotopic (exact) mass is 209 g/mol. The smallest absolute Gasteiger partial charge is 0.00952 e. The Hall–Kier alpha value is -0.0400. The van der Waals surface area contributed by atoms with Gasteiger partial charge in [-0.2, -0.15) is 0 Å². The predicted octanol–water partition coefficient (Wildman–Crippen LogP) is 3.83. The highest BCUT2D eigenvalue weighted by Gasteiger charge is 2.23. The minimum Gasteiger partial charge on any atom is -0.300 e. The number of piperidine rings is 1. The highest BCUT2D eigenvalue weighted by Crippen LogP contribution is 2.25. The molecule has 2 fully saturated rings. The summed E-state index contributed by atoms with van der Waals surface area (Å²) >= 11 is 0. The third-order valence-corrected chi connectivity index (χ3v) is 4.41. The summed E-state index contributed by atoms with van der Waals surface area (Å²) in [5.74, 6) is 0.981. The molecular weight excluding hydrogens is 182 g/mol. The molecule has 1 saturated carbocycles. The van der Waals surface area contributed by atoms with Crippen LogP contribution in [0, 0.1) is 5.92 Å². The molecule has 1 nitrogen and oxygen atoms in total. The molecule has 0 amide bonds. The predicted molar refractivity (Wildman–Crippen MR) is 66.1 cm³/mol. The van der Waals surface area contributed by atoms with Crippen molar-refractivity contribution in [1.29, 1.82) is 0 Å². The first-order valence-corrected chi connectivity index (χ1v) is 7.10. The number of rotatable bonds is 1. The molecule has 1 saturated heterocycles. The van der Waals surface area contributed by atoms with Crippen molar-refractivity contribution < 1.29 is 0 Å². The molecule has 0 spiro atoms. The maximum atomic E-state index is 2.80. The van der Waals surface area contributed by atoms with Crippen molar-refractivity contribution in [3.05, 3.63) is 0 Å². The summed E-state index contributed by atoms with van der Waals surface area (Å²) in [5.41, 5.74) is 0. The van der Waals surface area contributed by atoms with E-state index in [1.807, 2.05) is 0 Å². The summed E-state index contributed by atoms with van der Waals surface area (Å²) < 4.78 is 0. The highest BCUT2D eigenvalue weighted by atomic mass is 15.2. The molecule has 2 aliphatic rings. The lowest BCUT2D eigenvalue weighted by molar-refractivity contribution is 0.118. The van der Waals surface area contributed by atoms with Crippen LogP contribution in [0.3, 0.4) is 0 Å². The third kappa shape index (κ3) is 3.48. The second-order valence-electron chi connectivity index (χ2n) is 5.72. The van der Waals surface area contributed by atoms with Crippen LogP contribution in [-0.4, -0.2) is 24.0 Å². The van der Waals surface area contributed by atoms with Gasteiger partial charge in [-0.05, 0) is 44.7 Å². The Kier molecular flexibility index (Phi) is 4.49. The minimum absolute atomic E-state index is 0.942. The summed E-state index contributed by atoms with van der Waals surface area (Å²) in [6.45, 7) is 5.17. The van der Waals surface area contributed by atoms with E-state index < -0.39 is 0 Å². The van der Waals surface area contributed by atoms with Gasteiger partial charge in [0.25, 0.3) is 0 Å². The Morgan fingerprint density at radius 1 is 0.733 bits per heavy atom. The van der Waals surface area contributed by atoms with Gasteiger partial charge in [0, 0.05) is 6.04 Å². The van der Waals surface area contributed by atoms with Crippen LogP contribution in [0.4, 0.5) is 0 Å². The molecule has 1 heteroatoms. The normalized spacial score (nSPS) is 28.6. The van der Waals surface area contributed by atoms with Gasteiger partial charge in [-0.25, -0.2) is 0 Å². The minimum atomic E-state index is 0.942. The van der Waals surface area contributed by atoms with Crippen LogP contribution in [-0.2, 0) is 0 Å². The average molecular weight is 209 g/mol. The Morgan fingerprint density at radius 2 is 1.27 bits per heavy atom. The van der Waals surface area contributed by atoms with E-state index in [0.717, 1.165) is 12.0 Å². The first kappa shape index (κ1) is 11.4. The van der Waals surface area contributed by atoms with Crippen LogP contribution >= 0.6 is 0 Å². The summed E-state index contributed by atoms with van der Waals surface area (Å²) in [7, 11) is 0. The Morgan fingerprint density at radius 3 is 1.87 bits per heavy atom. The molecule has 0 N–H and O–H groups in total. The van der Waals surface area contributed by atoms with E-state index in [-0.39, 0.29) is 0 Å². The molecule has 0 aromatic carbocycles. The van der Waals surface area contributed by atoms with E-state index in [1.54, 1.807) is 0 Å². The molecule has 0 bridgehead atoms. The van der Waals surface area contributed by atoms with Crippen molar-refractivity contribution in [3.8, 4) is 0 Å². The molecule has 0 aromatic rings. The lowest BCUT2D eigenvalue weighted by atomic mass is 9.92. The SMILES string of the molecule is CC1CCN(C2CCCCCCC2)CC1. The van der Waals surface area contributed by atoms with Gasteiger partial charge < -0.3 is 4.90 Å². The van der Waals surface area contributed by atoms with E-state index >= 15 is 0 Å². The quantitative estimate of drug-likeness (QED) is 0.634. The van der Waals surface area contributed by atoms with Gasteiger partial charge in [-0.3, -0.25) is 0 Å². The molecule has 1 heterocycles.